The fourth-order valence-corrected chi connectivity index (χ4v) is 2.83. The lowest BCUT2D eigenvalue weighted by molar-refractivity contribution is 0.102. The van der Waals surface area contributed by atoms with Crippen LogP contribution >= 0.6 is 11.6 Å². The number of rotatable bonds is 3. The van der Waals surface area contributed by atoms with Gasteiger partial charge in [-0.25, -0.2) is 0 Å². The molecule has 1 amide bonds. The molecule has 0 spiro atoms. The first-order valence-electron chi connectivity index (χ1n) is 7.96. The molecule has 4 aromatic rings. The highest BCUT2D eigenvalue weighted by molar-refractivity contribution is 6.30. The fraction of sp³-hybridized carbons (Fsp3) is 0.0526. The molecule has 128 valence electrons. The normalized spacial score (nSPS) is 10.8. The van der Waals surface area contributed by atoms with Crippen molar-refractivity contribution in [2.75, 3.05) is 5.32 Å². The Bertz CT molecular complexity index is 1120. The van der Waals surface area contributed by atoms with Gasteiger partial charge in [0.05, 0.1) is 16.9 Å². The van der Waals surface area contributed by atoms with Crippen molar-refractivity contribution in [1.29, 1.82) is 0 Å². The van der Waals surface area contributed by atoms with Gasteiger partial charge in [0, 0.05) is 22.3 Å². The second-order valence-corrected chi connectivity index (χ2v) is 6.20. The minimum Gasteiger partial charge on any atom is -0.321 e. The number of halogens is 1. The van der Waals surface area contributed by atoms with E-state index in [1.807, 2.05) is 36.4 Å². The Hall–Kier alpha value is -3.25. The summed E-state index contributed by atoms with van der Waals surface area (Å²) in [7, 11) is 0. The lowest BCUT2D eigenvalue weighted by Crippen LogP contribution is -2.14. The van der Waals surface area contributed by atoms with E-state index in [0.717, 1.165) is 10.9 Å². The van der Waals surface area contributed by atoms with E-state index in [0.29, 0.717) is 22.1 Å². The monoisotopic (exact) mass is 363 g/mol. The van der Waals surface area contributed by atoms with Gasteiger partial charge in [0.25, 0.3) is 5.91 Å². The number of pyridine rings is 1. The van der Waals surface area contributed by atoms with Gasteiger partial charge in [0.2, 0.25) is 0 Å². The van der Waals surface area contributed by atoms with E-state index in [4.69, 9.17) is 11.6 Å². The lowest BCUT2D eigenvalue weighted by atomic mass is 10.2. The van der Waals surface area contributed by atoms with Gasteiger partial charge < -0.3 is 5.32 Å². The maximum absolute atomic E-state index is 12.6. The zero-order valence-corrected chi connectivity index (χ0v) is 14.6. The third-order valence-electron chi connectivity index (χ3n) is 3.90. The summed E-state index contributed by atoms with van der Waals surface area (Å²) >= 11 is 6.01. The van der Waals surface area contributed by atoms with Crippen molar-refractivity contribution in [3.05, 3.63) is 77.2 Å². The summed E-state index contributed by atoms with van der Waals surface area (Å²) in [5, 5.41) is 13.0. The number of carbonyl (C=O) groups excluding carboxylic acids is 1. The van der Waals surface area contributed by atoms with E-state index in [2.05, 4.69) is 20.5 Å². The van der Waals surface area contributed by atoms with Crippen LogP contribution < -0.4 is 5.32 Å². The van der Waals surface area contributed by atoms with E-state index in [1.165, 1.54) is 4.80 Å². The Labute approximate surface area is 154 Å². The Morgan fingerprint density at radius 1 is 1.08 bits per heavy atom. The van der Waals surface area contributed by atoms with Gasteiger partial charge in [0.1, 0.15) is 0 Å². The third kappa shape index (κ3) is 3.14. The molecular weight excluding hydrogens is 350 g/mol. The van der Waals surface area contributed by atoms with E-state index in [1.54, 1.807) is 31.3 Å². The molecule has 0 saturated heterocycles. The molecule has 0 aliphatic carbocycles. The first-order chi connectivity index (χ1) is 12.6. The predicted octanol–water partition coefficient (Wildman–Crippen LogP) is 4.03. The average molecular weight is 364 g/mol. The molecule has 0 atom stereocenters. The Balaban J connectivity index is 1.61. The summed E-state index contributed by atoms with van der Waals surface area (Å²) in [6, 6.07) is 16.5. The Kier molecular flexibility index (Phi) is 4.10. The molecule has 2 aromatic heterocycles. The largest absolute Gasteiger partial charge is 0.321 e. The second kappa shape index (κ2) is 6.57. The SMILES string of the molecule is Cc1nn(-c2cccc(Cl)c2)nc1C(=O)Nc1ccc2ncccc2c1. The standard InChI is InChI=1S/C19H14ClN5O/c1-12-18(24-25(23-12)16-6-2-5-14(20)11-16)19(26)22-15-7-8-17-13(10-15)4-3-9-21-17/h2-11H,1H3,(H,22,26). The molecule has 2 heterocycles. The van der Waals surface area contributed by atoms with Crippen LogP contribution in [0.25, 0.3) is 16.6 Å². The Morgan fingerprint density at radius 3 is 2.81 bits per heavy atom. The molecule has 0 aliphatic rings. The van der Waals surface area contributed by atoms with Crippen molar-refractivity contribution >= 4 is 34.1 Å². The lowest BCUT2D eigenvalue weighted by Gasteiger charge is -2.05. The summed E-state index contributed by atoms with van der Waals surface area (Å²) in [6.07, 6.45) is 1.73. The number of nitrogens with one attached hydrogen (secondary N) is 1. The second-order valence-electron chi connectivity index (χ2n) is 5.77. The van der Waals surface area contributed by atoms with Crippen molar-refractivity contribution in [3.8, 4) is 5.69 Å². The zero-order valence-electron chi connectivity index (χ0n) is 13.8. The number of hydrogen-bond donors (Lipinski definition) is 1. The molecular formula is C19H14ClN5O. The molecule has 0 radical (unpaired) electrons. The maximum atomic E-state index is 12.6. The van der Waals surface area contributed by atoms with Crippen LogP contribution in [0.3, 0.4) is 0 Å². The van der Waals surface area contributed by atoms with Crippen LogP contribution in [0.2, 0.25) is 5.02 Å². The molecule has 0 unspecified atom stereocenters. The van der Waals surface area contributed by atoms with Crippen LogP contribution in [0.1, 0.15) is 16.2 Å². The molecule has 26 heavy (non-hydrogen) atoms. The number of anilines is 1. The van der Waals surface area contributed by atoms with Crippen LogP contribution in [0, 0.1) is 6.92 Å². The van der Waals surface area contributed by atoms with Gasteiger partial charge in [-0.05, 0) is 49.4 Å². The van der Waals surface area contributed by atoms with Gasteiger partial charge in [-0.3, -0.25) is 9.78 Å². The van der Waals surface area contributed by atoms with E-state index in [9.17, 15) is 4.79 Å². The van der Waals surface area contributed by atoms with Gasteiger partial charge in [-0.15, -0.1) is 5.10 Å². The van der Waals surface area contributed by atoms with Crippen molar-refractivity contribution in [3.63, 3.8) is 0 Å². The first-order valence-corrected chi connectivity index (χ1v) is 8.34. The smallest absolute Gasteiger partial charge is 0.278 e. The van der Waals surface area contributed by atoms with Crippen LogP contribution in [0.15, 0.2) is 60.8 Å². The van der Waals surface area contributed by atoms with Crippen molar-refractivity contribution in [1.82, 2.24) is 20.0 Å². The van der Waals surface area contributed by atoms with E-state index >= 15 is 0 Å². The molecule has 4 rings (SSSR count). The molecule has 0 fully saturated rings. The van der Waals surface area contributed by atoms with Gasteiger partial charge >= 0.3 is 0 Å². The predicted molar refractivity (Wildman–Crippen MR) is 101 cm³/mol. The van der Waals surface area contributed by atoms with Gasteiger partial charge in [0.15, 0.2) is 5.69 Å². The summed E-state index contributed by atoms with van der Waals surface area (Å²) in [6.45, 7) is 1.74. The van der Waals surface area contributed by atoms with E-state index in [-0.39, 0.29) is 11.6 Å². The maximum Gasteiger partial charge on any atom is 0.278 e. The number of amides is 1. The van der Waals surface area contributed by atoms with E-state index < -0.39 is 0 Å². The minimum absolute atomic E-state index is 0.260. The molecule has 0 bridgehead atoms. The topological polar surface area (TPSA) is 72.7 Å². The molecule has 0 aliphatic heterocycles. The zero-order chi connectivity index (χ0) is 18.1. The fourth-order valence-electron chi connectivity index (χ4n) is 2.65. The van der Waals surface area contributed by atoms with Crippen molar-refractivity contribution < 1.29 is 4.79 Å². The number of benzene rings is 2. The number of aromatic nitrogens is 4. The number of nitrogens with zero attached hydrogens (tertiary/aromatic N) is 4. The summed E-state index contributed by atoms with van der Waals surface area (Å²) in [5.41, 5.74) is 3.03. The quantitative estimate of drug-likeness (QED) is 0.596. The van der Waals surface area contributed by atoms with Crippen LogP contribution in [0.4, 0.5) is 5.69 Å². The molecule has 1 N–H and O–H groups in total. The average Bonchev–Trinajstić information content (AvgIpc) is 3.03. The molecule has 6 nitrogen and oxygen atoms in total. The molecule has 0 saturated carbocycles. The summed E-state index contributed by atoms with van der Waals surface area (Å²) in [5.74, 6) is -0.320. The number of carbonyl (C=O) groups is 1. The number of aryl methyl sites for hydroxylation is 1. The molecule has 7 heteroatoms. The highest BCUT2D eigenvalue weighted by atomic mass is 35.5. The minimum atomic E-state index is -0.320. The summed E-state index contributed by atoms with van der Waals surface area (Å²) in [4.78, 5) is 18.3. The summed E-state index contributed by atoms with van der Waals surface area (Å²) < 4.78 is 0. The third-order valence-corrected chi connectivity index (χ3v) is 4.13. The number of fused-ring (bicyclic) bond motifs is 1. The van der Waals surface area contributed by atoms with Crippen LogP contribution in [0.5, 0.6) is 0 Å². The van der Waals surface area contributed by atoms with Crippen LogP contribution in [-0.4, -0.2) is 25.9 Å². The highest BCUT2D eigenvalue weighted by Gasteiger charge is 2.17. The van der Waals surface area contributed by atoms with Gasteiger partial charge in [-0.1, -0.05) is 23.7 Å². The highest BCUT2D eigenvalue weighted by Crippen LogP contribution is 2.19. The first kappa shape index (κ1) is 16.2. The van der Waals surface area contributed by atoms with Crippen molar-refractivity contribution in [2.24, 2.45) is 0 Å². The molecule has 2 aromatic carbocycles. The van der Waals surface area contributed by atoms with Gasteiger partial charge in [-0.2, -0.15) is 9.90 Å². The number of hydrogen-bond acceptors (Lipinski definition) is 4. The Morgan fingerprint density at radius 2 is 1.96 bits per heavy atom. The van der Waals surface area contributed by atoms with Crippen molar-refractivity contribution in [2.45, 2.75) is 6.92 Å². The van der Waals surface area contributed by atoms with Crippen LogP contribution in [-0.2, 0) is 0 Å².